The summed E-state index contributed by atoms with van der Waals surface area (Å²) in [5.74, 6) is -2.08. The maximum absolute atomic E-state index is 12.4. The highest BCUT2D eigenvalue weighted by molar-refractivity contribution is 6.39. The van der Waals surface area contributed by atoms with Crippen molar-refractivity contribution in [1.29, 1.82) is 5.26 Å². The van der Waals surface area contributed by atoms with Crippen molar-refractivity contribution in [2.24, 2.45) is 0 Å². The molecule has 0 aliphatic heterocycles. The number of amides is 3. The first kappa shape index (κ1) is 26.2. The van der Waals surface area contributed by atoms with Gasteiger partial charge in [-0.2, -0.15) is 5.26 Å². The average Bonchev–Trinajstić information content (AvgIpc) is 3.34. The second-order valence-corrected chi connectivity index (χ2v) is 8.22. The summed E-state index contributed by atoms with van der Waals surface area (Å²) in [5, 5.41) is 17.1. The van der Waals surface area contributed by atoms with Crippen LogP contribution in [0.5, 0.6) is 0 Å². The molecule has 1 fully saturated rings. The zero-order valence-electron chi connectivity index (χ0n) is 20.0. The van der Waals surface area contributed by atoms with E-state index in [2.05, 4.69) is 16.0 Å². The van der Waals surface area contributed by atoms with Crippen molar-refractivity contribution in [3.05, 3.63) is 59.1 Å². The molecule has 1 aromatic carbocycles. The first-order chi connectivity index (χ1) is 17.4. The standard InChI is InChI=1S/C26H28N4O6/c1-2-35-26(34)17-8-10-20(11-9-17)30-25(33)24(32)28-16-22-13-12-21(36-22)14-18(15-27)23(31)29-19-6-4-3-5-7-19/h8-14,19H,2-7,16H2,1H3,(H,28,32)(H,29,31)(H,30,33)/b18-14-. The summed E-state index contributed by atoms with van der Waals surface area (Å²) in [5.41, 5.74) is 0.594. The Balaban J connectivity index is 1.50. The summed E-state index contributed by atoms with van der Waals surface area (Å²) in [6.45, 7) is 1.88. The number of carbonyl (C=O) groups excluding carboxylic acids is 4. The van der Waals surface area contributed by atoms with Gasteiger partial charge in [0.05, 0.1) is 18.7 Å². The summed E-state index contributed by atoms with van der Waals surface area (Å²) < 4.78 is 10.5. The van der Waals surface area contributed by atoms with Gasteiger partial charge in [0, 0.05) is 17.8 Å². The number of anilines is 1. The molecule has 0 radical (unpaired) electrons. The molecule has 1 heterocycles. The third-order valence-electron chi connectivity index (χ3n) is 5.56. The molecule has 3 rings (SSSR count). The fraction of sp³-hybridized carbons (Fsp3) is 0.346. The number of rotatable bonds is 8. The molecule has 0 spiro atoms. The Labute approximate surface area is 208 Å². The summed E-state index contributed by atoms with van der Waals surface area (Å²) in [6.07, 6.45) is 6.43. The normalized spacial score (nSPS) is 13.8. The Morgan fingerprint density at radius 1 is 1.03 bits per heavy atom. The number of hydrogen-bond donors (Lipinski definition) is 3. The molecule has 1 aliphatic carbocycles. The molecule has 1 aliphatic rings. The average molecular weight is 493 g/mol. The number of benzene rings is 1. The van der Waals surface area contributed by atoms with E-state index >= 15 is 0 Å². The monoisotopic (exact) mass is 492 g/mol. The van der Waals surface area contributed by atoms with Crippen LogP contribution in [0.15, 0.2) is 46.4 Å². The van der Waals surface area contributed by atoms with Crippen molar-refractivity contribution in [2.75, 3.05) is 11.9 Å². The number of esters is 1. The van der Waals surface area contributed by atoms with E-state index in [4.69, 9.17) is 9.15 Å². The van der Waals surface area contributed by atoms with Crippen LogP contribution in [0.3, 0.4) is 0 Å². The van der Waals surface area contributed by atoms with Gasteiger partial charge in [-0.05, 0) is 56.2 Å². The third-order valence-corrected chi connectivity index (χ3v) is 5.56. The van der Waals surface area contributed by atoms with E-state index in [9.17, 15) is 24.4 Å². The Hall–Kier alpha value is -4.39. The molecule has 0 bridgehead atoms. The fourth-order valence-corrected chi connectivity index (χ4v) is 3.71. The number of carbonyl (C=O) groups is 4. The van der Waals surface area contributed by atoms with Crippen LogP contribution in [0.4, 0.5) is 5.69 Å². The van der Waals surface area contributed by atoms with E-state index in [1.54, 1.807) is 19.1 Å². The van der Waals surface area contributed by atoms with Crippen molar-refractivity contribution < 1.29 is 28.3 Å². The Kier molecular flexibility index (Phi) is 9.40. The fourth-order valence-electron chi connectivity index (χ4n) is 3.71. The molecular weight excluding hydrogens is 464 g/mol. The lowest BCUT2D eigenvalue weighted by molar-refractivity contribution is -0.136. The lowest BCUT2D eigenvalue weighted by Crippen LogP contribution is -2.36. The molecule has 10 heteroatoms. The Morgan fingerprint density at radius 2 is 1.75 bits per heavy atom. The smallest absolute Gasteiger partial charge is 0.338 e. The molecule has 2 aromatic rings. The molecule has 3 amide bonds. The van der Waals surface area contributed by atoms with Crippen LogP contribution >= 0.6 is 0 Å². The molecule has 1 saturated carbocycles. The van der Waals surface area contributed by atoms with Crippen LogP contribution in [0.1, 0.15) is 60.9 Å². The van der Waals surface area contributed by atoms with Crippen molar-refractivity contribution >= 4 is 35.5 Å². The molecular formula is C26H28N4O6. The second kappa shape index (κ2) is 12.9. The molecule has 10 nitrogen and oxygen atoms in total. The van der Waals surface area contributed by atoms with Gasteiger partial charge in [0.25, 0.3) is 5.91 Å². The predicted octanol–water partition coefficient (Wildman–Crippen LogP) is 3.07. The molecule has 3 N–H and O–H groups in total. The molecule has 36 heavy (non-hydrogen) atoms. The Morgan fingerprint density at radius 3 is 2.42 bits per heavy atom. The molecule has 0 unspecified atom stereocenters. The van der Waals surface area contributed by atoms with Gasteiger partial charge in [0.2, 0.25) is 0 Å². The summed E-state index contributed by atoms with van der Waals surface area (Å²) >= 11 is 0. The van der Waals surface area contributed by atoms with E-state index in [-0.39, 0.29) is 30.5 Å². The van der Waals surface area contributed by atoms with Crippen LogP contribution in [-0.2, 0) is 25.7 Å². The van der Waals surface area contributed by atoms with Crippen LogP contribution in [-0.4, -0.2) is 36.3 Å². The van der Waals surface area contributed by atoms with Crippen LogP contribution in [0.25, 0.3) is 6.08 Å². The van der Waals surface area contributed by atoms with Crippen molar-refractivity contribution in [3.63, 3.8) is 0 Å². The largest absolute Gasteiger partial charge is 0.462 e. The maximum Gasteiger partial charge on any atom is 0.338 e. The van der Waals surface area contributed by atoms with Crippen LogP contribution < -0.4 is 16.0 Å². The maximum atomic E-state index is 12.4. The van der Waals surface area contributed by atoms with Gasteiger partial charge in [-0.1, -0.05) is 19.3 Å². The third kappa shape index (κ3) is 7.56. The van der Waals surface area contributed by atoms with Crippen LogP contribution in [0.2, 0.25) is 0 Å². The SMILES string of the molecule is CCOC(=O)c1ccc(NC(=O)C(=O)NCc2ccc(/C=C(/C#N)C(=O)NC3CCCCC3)o2)cc1. The van der Waals surface area contributed by atoms with E-state index in [1.165, 1.54) is 30.3 Å². The lowest BCUT2D eigenvalue weighted by atomic mass is 9.95. The highest BCUT2D eigenvalue weighted by Crippen LogP contribution is 2.18. The molecule has 188 valence electrons. The topological polar surface area (TPSA) is 151 Å². The Bertz CT molecular complexity index is 1170. The van der Waals surface area contributed by atoms with Gasteiger partial charge in [-0.15, -0.1) is 0 Å². The predicted molar refractivity (Wildman–Crippen MR) is 130 cm³/mol. The zero-order chi connectivity index (χ0) is 25.9. The van der Waals surface area contributed by atoms with Gasteiger partial charge in [-0.3, -0.25) is 14.4 Å². The van der Waals surface area contributed by atoms with Gasteiger partial charge in [-0.25, -0.2) is 4.79 Å². The first-order valence-electron chi connectivity index (χ1n) is 11.8. The van der Waals surface area contributed by atoms with Gasteiger partial charge in [0.1, 0.15) is 23.2 Å². The van der Waals surface area contributed by atoms with Crippen LogP contribution in [0, 0.1) is 11.3 Å². The highest BCUT2D eigenvalue weighted by Gasteiger charge is 2.19. The van der Waals surface area contributed by atoms with Crippen molar-refractivity contribution in [1.82, 2.24) is 10.6 Å². The number of hydrogen-bond acceptors (Lipinski definition) is 7. The minimum atomic E-state index is -0.892. The minimum Gasteiger partial charge on any atom is -0.462 e. The van der Waals surface area contributed by atoms with Gasteiger partial charge < -0.3 is 25.1 Å². The number of nitriles is 1. The van der Waals surface area contributed by atoms with E-state index in [0.29, 0.717) is 17.0 Å². The summed E-state index contributed by atoms with van der Waals surface area (Å²) in [4.78, 5) is 48.4. The molecule has 0 atom stereocenters. The van der Waals surface area contributed by atoms with Crippen molar-refractivity contribution in [3.8, 4) is 6.07 Å². The summed E-state index contributed by atoms with van der Waals surface area (Å²) in [6, 6.07) is 11.0. The van der Waals surface area contributed by atoms with Crippen molar-refractivity contribution in [2.45, 2.75) is 51.6 Å². The second-order valence-electron chi connectivity index (χ2n) is 8.22. The van der Waals surface area contributed by atoms with E-state index < -0.39 is 23.7 Å². The van der Waals surface area contributed by atoms with E-state index in [1.807, 2.05) is 6.07 Å². The highest BCUT2D eigenvalue weighted by atomic mass is 16.5. The van der Waals surface area contributed by atoms with Gasteiger partial charge in [0.15, 0.2) is 0 Å². The number of nitrogens with zero attached hydrogens (tertiary/aromatic N) is 1. The molecule has 0 saturated heterocycles. The number of furan rings is 1. The quantitative estimate of drug-likeness (QED) is 0.222. The zero-order valence-corrected chi connectivity index (χ0v) is 20.0. The number of ether oxygens (including phenoxy) is 1. The number of nitrogens with one attached hydrogen (secondary N) is 3. The molecule has 1 aromatic heterocycles. The minimum absolute atomic E-state index is 0.0705. The first-order valence-corrected chi connectivity index (χ1v) is 11.8. The lowest BCUT2D eigenvalue weighted by Gasteiger charge is -2.22. The summed E-state index contributed by atoms with van der Waals surface area (Å²) in [7, 11) is 0. The van der Waals surface area contributed by atoms with E-state index in [0.717, 1.165) is 32.1 Å². The van der Waals surface area contributed by atoms with Gasteiger partial charge >= 0.3 is 17.8 Å².